The molecule has 0 bridgehead atoms. The number of nitrogens with zero attached hydrogens (tertiary/aromatic N) is 2. The molecular formula is C23H26N4O3. The standard InChI is InChI=1S/C23H26N4O3/c1-30-17-8-7-14-12-27(13-15(14)9-17)23(29)19-10-18-20(11-21(19)28)25-26-22(18)24-16-5-3-2-4-6-16/h7-11,16,28H,2-6,12-13H2,1H3,(H2,24,25,26). The van der Waals surface area contributed by atoms with E-state index in [4.69, 9.17) is 4.74 Å². The summed E-state index contributed by atoms with van der Waals surface area (Å²) in [4.78, 5) is 15.0. The van der Waals surface area contributed by atoms with Gasteiger partial charge in [0.25, 0.3) is 5.91 Å². The summed E-state index contributed by atoms with van der Waals surface area (Å²) in [6.45, 7) is 1.02. The molecule has 2 heterocycles. The van der Waals surface area contributed by atoms with E-state index in [1.165, 1.54) is 19.3 Å². The number of hydrogen-bond donors (Lipinski definition) is 3. The SMILES string of the molecule is COc1ccc2c(c1)CN(C(=O)c1cc3c(NC4CCCCC4)n[nH]c3cc1O)C2. The summed E-state index contributed by atoms with van der Waals surface area (Å²) in [5.41, 5.74) is 3.20. The van der Waals surface area contributed by atoms with Crippen LogP contribution in [0.15, 0.2) is 30.3 Å². The summed E-state index contributed by atoms with van der Waals surface area (Å²) in [7, 11) is 1.64. The first-order chi connectivity index (χ1) is 14.6. The van der Waals surface area contributed by atoms with Crippen molar-refractivity contribution >= 4 is 22.6 Å². The molecular weight excluding hydrogens is 380 g/mol. The van der Waals surface area contributed by atoms with Gasteiger partial charge in [-0.2, -0.15) is 5.10 Å². The number of amides is 1. The minimum atomic E-state index is -0.186. The van der Waals surface area contributed by atoms with Gasteiger partial charge in [0.15, 0.2) is 5.82 Å². The van der Waals surface area contributed by atoms with Crippen LogP contribution < -0.4 is 10.1 Å². The van der Waals surface area contributed by atoms with Gasteiger partial charge in [-0.1, -0.05) is 25.3 Å². The number of aromatic amines is 1. The number of benzene rings is 2. The second kappa shape index (κ2) is 7.55. The number of hydrogen-bond acceptors (Lipinski definition) is 5. The molecule has 1 aliphatic heterocycles. The molecule has 2 aromatic carbocycles. The first kappa shape index (κ1) is 18.8. The fourth-order valence-electron chi connectivity index (χ4n) is 4.59. The van der Waals surface area contributed by atoms with Crippen molar-refractivity contribution in [1.82, 2.24) is 15.1 Å². The zero-order valence-electron chi connectivity index (χ0n) is 17.1. The Morgan fingerprint density at radius 3 is 2.77 bits per heavy atom. The van der Waals surface area contributed by atoms with Crippen molar-refractivity contribution in [1.29, 1.82) is 0 Å². The lowest BCUT2D eigenvalue weighted by atomic mass is 9.95. The number of phenolic OH excluding ortho intramolecular Hbond substituents is 1. The summed E-state index contributed by atoms with van der Waals surface area (Å²) < 4.78 is 5.29. The molecule has 1 amide bonds. The van der Waals surface area contributed by atoms with Crippen LogP contribution in [0.2, 0.25) is 0 Å². The maximum Gasteiger partial charge on any atom is 0.258 e. The lowest BCUT2D eigenvalue weighted by Crippen LogP contribution is -2.25. The van der Waals surface area contributed by atoms with Gasteiger partial charge in [0, 0.05) is 30.6 Å². The second-order valence-electron chi connectivity index (χ2n) is 8.26. The quantitative estimate of drug-likeness (QED) is 0.605. The molecule has 1 fully saturated rings. The number of aromatic hydroxyl groups is 1. The molecule has 0 atom stereocenters. The smallest absolute Gasteiger partial charge is 0.258 e. The van der Waals surface area contributed by atoms with Gasteiger partial charge < -0.3 is 20.1 Å². The highest BCUT2D eigenvalue weighted by atomic mass is 16.5. The van der Waals surface area contributed by atoms with Crippen LogP contribution in [0.1, 0.15) is 53.6 Å². The predicted octanol–water partition coefficient (Wildman–Crippen LogP) is 4.18. The van der Waals surface area contributed by atoms with E-state index in [-0.39, 0.29) is 11.7 Å². The molecule has 1 aromatic heterocycles. The Morgan fingerprint density at radius 1 is 1.17 bits per heavy atom. The number of H-pyrrole nitrogens is 1. The van der Waals surface area contributed by atoms with Crippen molar-refractivity contribution in [2.24, 2.45) is 0 Å². The highest BCUT2D eigenvalue weighted by molar-refractivity contribution is 6.03. The Balaban J connectivity index is 1.41. The maximum atomic E-state index is 13.2. The van der Waals surface area contributed by atoms with Gasteiger partial charge in [-0.05, 0) is 42.2 Å². The minimum Gasteiger partial charge on any atom is -0.507 e. The molecule has 30 heavy (non-hydrogen) atoms. The molecule has 0 unspecified atom stereocenters. The third kappa shape index (κ3) is 3.34. The highest BCUT2D eigenvalue weighted by Crippen LogP contribution is 2.33. The van der Waals surface area contributed by atoms with Crippen LogP contribution in [0, 0.1) is 0 Å². The van der Waals surface area contributed by atoms with E-state index in [0.717, 1.165) is 46.4 Å². The monoisotopic (exact) mass is 406 g/mol. The van der Waals surface area contributed by atoms with Crippen molar-refractivity contribution in [3.05, 3.63) is 47.0 Å². The van der Waals surface area contributed by atoms with Crippen LogP contribution in [0.5, 0.6) is 11.5 Å². The van der Waals surface area contributed by atoms with Crippen LogP contribution in [0.25, 0.3) is 10.9 Å². The number of carbonyl (C=O) groups is 1. The molecule has 0 radical (unpaired) electrons. The van der Waals surface area contributed by atoms with Crippen molar-refractivity contribution < 1.29 is 14.6 Å². The average molecular weight is 406 g/mol. The average Bonchev–Trinajstić information content (AvgIpc) is 3.36. The van der Waals surface area contributed by atoms with Crippen LogP contribution in [0.4, 0.5) is 5.82 Å². The molecule has 3 aromatic rings. The first-order valence-electron chi connectivity index (χ1n) is 10.5. The van der Waals surface area contributed by atoms with Crippen LogP contribution in [0.3, 0.4) is 0 Å². The van der Waals surface area contributed by atoms with Crippen molar-refractivity contribution in [2.45, 2.75) is 51.2 Å². The number of fused-ring (bicyclic) bond motifs is 2. The van der Waals surface area contributed by atoms with Crippen molar-refractivity contribution in [2.75, 3.05) is 12.4 Å². The Labute approximate surface area is 175 Å². The number of ether oxygens (including phenoxy) is 1. The Morgan fingerprint density at radius 2 is 1.97 bits per heavy atom. The third-order valence-electron chi connectivity index (χ3n) is 6.28. The van der Waals surface area contributed by atoms with Gasteiger partial charge in [0.05, 0.1) is 18.2 Å². The normalized spacial score (nSPS) is 16.6. The number of anilines is 1. The highest BCUT2D eigenvalue weighted by Gasteiger charge is 2.27. The van der Waals surface area contributed by atoms with E-state index in [2.05, 4.69) is 15.5 Å². The molecule has 3 N–H and O–H groups in total. The molecule has 7 nitrogen and oxygen atoms in total. The van der Waals surface area contributed by atoms with Crippen LogP contribution in [-0.4, -0.2) is 39.3 Å². The molecule has 156 valence electrons. The van der Waals surface area contributed by atoms with E-state index in [1.807, 2.05) is 18.2 Å². The fraction of sp³-hybridized carbons (Fsp3) is 0.391. The molecule has 1 aliphatic carbocycles. The molecule has 0 spiro atoms. The van der Waals surface area contributed by atoms with Gasteiger partial charge in [-0.25, -0.2) is 0 Å². The minimum absolute atomic E-state index is 0.0334. The summed E-state index contributed by atoms with van der Waals surface area (Å²) in [6, 6.07) is 9.62. The lowest BCUT2D eigenvalue weighted by Gasteiger charge is -2.22. The van der Waals surface area contributed by atoms with Crippen LogP contribution >= 0.6 is 0 Å². The molecule has 1 saturated carbocycles. The molecule has 0 saturated heterocycles. The van der Waals surface area contributed by atoms with Gasteiger partial charge in [0.2, 0.25) is 0 Å². The fourth-order valence-corrected chi connectivity index (χ4v) is 4.59. The number of aromatic nitrogens is 2. The number of methoxy groups -OCH3 is 1. The number of phenols is 1. The lowest BCUT2D eigenvalue weighted by molar-refractivity contribution is 0.0748. The van der Waals surface area contributed by atoms with Gasteiger partial charge >= 0.3 is 0 Å². The van der Waals surface area contributed by atoms with E-state index < -0.39 is 0 Å². The second-order valence-corrected chi connectivity index (χ2v) is 8.26. The Kier molecular flexibility index (Phi) is 4.73. The van der Waals surface area contributed by atoms with E-state index in [9.17, 15) is 9.90 Å². The first-order valence-corrected chi connectivity index (χ1v) is 10.5. The van der Waals surface area contributed by atoms with E-state index >= 15 is 0 Å². The molecule has 2 aliphatic rings. The number of carbonyl (C=O) groups excluding carboxylic acids is 1. The van der Waals surface area contributed by atoms with Gasteiger partial charge in [-0.3, -0.25) is 9.89 Å². The largest absolute Gasteiger partial charge is 0.507 e. The van der Waals surface area contributed by atoms with Gasteiger partial charge in [0.1, 0.15) is 11.5 Å². The summed E-state index contributed by atoms with van der Waals surface area (Å²) in [6.07, 6.45) is 6.01. The molecule has 7 heteroatoms. The Bertz CT molecular complexity index is 1100. The van der Waals surface area contributed by atoms with Crippen LogP contribution in [-0.2, 0) is 13.1 Å². The maximum absolute atomic E-state index is 13.2. The molecule has 5 rings (SSSR count). The predicted molar refractivity (Wildman–Crippen MR) is 115 cm³/mol. The Hall–Kier alpha value is -3.22. The summed E-state index contributed by atoms with van der Waals surface area (Å²) >= 11 is 0. The summed E-state index contributed by atoms with van der Waals surface area (Å²) in [5, 5.41) is 22.3. The van der Waals surface area contributed by atoms with Crippen molar-refractivity contribution in [3.63, 3.8) is 0 Å². The zero-order valence-corrected chi connectivity index (χ0v) is 17.1. The van der Waals surface area contributed by atoms with E-state index in [1.54, 1.807) is 24.1 Å². The van der Waals surface area contributed by atoms with Crippen molar-refractivity contribution in [3.8, 4) is 11.5 Å². The van der Waals surface area contributed by atoms with Gasteiger partial charge in [-0.15, -0.1) is 0 Å². The zero-order chi connectivity index (χ0) is 20.7. The number of nitrogens with one attached hydrogen (secondary N) is 2. The topological polar surface area (TPSA) is 90.5 Å². The van der Waals surface area contributed by atoms with E-state index in [0.29, 0.717) is 24.7 Å². The summed E-state index contributed by atoms with van der Waals surface area (Å²) in [5.74, 6) is 1.31. The number of rotatable bonds is 4. The third-order valence-corrected chi connectivity index (χ3v) is 6.28.